The maximum absolute atomic E-state index is 12.5. The third kappa shape index (κ3) is 4.69. The molecule has 1 aromatic heterocycles. The van der Waals surface area contributed by atoms with E-state index in [0.717, 1.165) is 12.5 Å². The average molecular weight is 482 g/mol. The lowest BCUT2D eigenvalue weighted by Crippen LogP contribution is -2.28. The summed E-state index contributed by atoms with van der Waals surface area (Å²) in [5, 5.41) is 5.13. The first-order valence-corrected chi connectivity index (χ1v) is 11.5. The second kappa shape index (κ2) is 8.61. The lowest BCUT2D eigenvalue weighted by Gasteiger charge is -2.11. The minimum Gasteiger partial charge on any atom is -0.290 e. The van der Waals surface area contributed by atoms with Crippen molar-refractivity contribution in [3.63, 3.8) is 0 Å². The lowest BCUT2D eigenvalue weighted by molar-refractivity contribution is -0.117. The number of aromatic nitrogens is 2. The van der Waals surface area contributed by atoms with Crippen molar-refractivity contribution in [3.05, 3.63) is 83.5 Å². The van der Waals surface area contributed by atoms with Gasteiger partial charge in [0.2, 0.25) is 5.91 Å². The summed E-state index contributed by atoms with van der Waals surface area (Å²) in [5.41, 5.74) is 2.22. The molecule has 0 atom stereocenters. The number of allylic oxidation sites excluding steroid dienone is 4. The van der Waals surface area contributed by atoms with Gasteiger partial charge in [0.05, 0.1) is 27.5 Å². The van der Waals surface area contributed by atoms with Gasteiger partial charge in [-0.25, -0.2) is 17.8 Å². The van der Waals surface area contributed by atoms with E-state index in [1.807, 2.05) is 4.72 Å². The highest BCUT2D eigenvalue weighted by molar-refractivity contribution is 7.90. The van der Waals surface area contributed by atoms with Gasteiger partial charge in [-0.15, -0.1) is 0 Å². The van der Waals surface area contributed by atoms with E-state index in [0.29, 0.717) is 22.1 Å². The van der Waals surface area contributed by atoms with Crippen LogP contribution in [0.25, 0.3) is 22.5 Å². The zero-order chi connectivity index (χ0) is 23.8. The van der Waals surface area contributed by atoms with Crippen LogP contribution in [0.2, 0.25) is 5.02 Å². The third-order valence-corrected chi connectivity index (χ3v) is 6.45. The Balaban J connectivity index is 1.83. The van der Waals surface area contributed by atoms with Crippen LogP contribution in [0.5, 0.6) is 0 Å². The Bertz CT molecular complexity index is 1450. The molecule has 0 fully saturated rings. The largest absolute Gasteiger partial charge is 0.290 e. The number of carbonyl (C=O) groups excluding carboxylic acids is 3. The van der Waals surface area contributed by atoms with Gasteiger partial charge in [-0.1, -0.05) is 23.7 Å². The predicted octanol–water partition coefficient (Wildman–Crippen LogP) is 3.11. The van der Waals surface area contributed by atoms with Gasteiger partial charge < -0.3 is 0 Å². The summed E-state index contributed by atoms with van der Waals surface area (Å²) in [5.74, 6) is -1.40. The highest BCUT2D eigenvalue weighted by Crippen LogP contribution is 2.29. The number of benzene rings is 2. The number of hydrogen-bond acceptors (Lipinski definition) is 6. The Hall–Kier alpha value is -3.82. The molecule has 166 valence electrons. The van der Waals surface area contributed by atoms with Crippen LogP contribution in [0.1, 0.15) is 12.6 Å². The monoisotopic (exact) mass is 481 g/mol. The molecular formula is C23H16ClN3O5S. The summed E-state index contributed by atoms with van der Waals surface area (Å²) in [4.78, 5) is 35.5. The van der Waals surface area contributed by atoms with E-state index >= 15 is 0 Å². The molecule has 1 aliphatic rings. The molecule has 33 heavy (non-hydrogen) atoms. The van der Waals surface area contributed by atoms with E-state index in [1.165, 1.54) is 47.2 Å². The summed E-state index contributed by atoms with van der Waals surface area (Å²) in [6, 6.07) is 14.2. The molecule has 4 rings (SSSR count). The molecular weight excluding hydrogens is 466 g/mol. The summed E-state index contributed by atoms with van der Waals surface area (Å²) < 4.78 is 27.8. The highest BCUT2D eigenvalue weighted by atomic mass is 35.5. The molecule has 0 saturated heterocycles. The van der Waals surface area contributed by atoms with Gasteiger partial charge in [0.15, 0.2) is 11.6 Å². The number of ketones is 2. The van der Waals surface area contributed by atoms with Crippen LogP contribution in [-0.2, 0) is 24.4 Å². The molecule has 0 radical (unpaired) electrons. The molecule has 0 aliphatic heterocycles. The van der Waals surface area contributed by atoms with Gasteiger partial charge in [0, 0.05) is 17.5 Å². The number of nitrogens with zero attached hydrogens (tertiary/aromatic N) is 2. The van der Waals surface area contributed by atoms with Crippen molar-refractivity contribution in [1.29, 1.82) is 0 Å². The first-order valence-electron chi connectivity index (χ1n) is 9.62. The van der Waals surface area contributed by atoms with Gasteiger partial charge in [-0.05, 0) is 60.7 Å². The Morgan fingerprint density at radius 2 is 1.67 bits per heavy atom. The van der Waals surface area contributed by atoms with Crippen LogP contribution in [0.3, 0.4) is 0 Å². The van der Waals surface area contributed by atoms with Crippen LogP contribution in [0.15, 0.2) is 77.7 Å². The third-order valence-electron chi connectivity index (χ3n) is 4.75. The second-order valence-electron chi connectivity index (χ2n) is 7.15. The average Bonchev–Trinajstić information content (AvgIpc) is 3.20. The quantitative estimate of drug-likeness (QED) is 0.560. The summed E-state index contributed by atoms with van der Waals surface area (Å²) >= 11 is 5.97. The topological polar surface area (TPSA) is 115 Å². The Morgan fingerprint density at radius 3 is 2.30 bits per heavy atom. The van der Waals surface area contributed by atoms with Crippen molar-refractivity contribution < 1.29 is 22.8 Å². The van der Waals surface area contributed by atoms with Crippen LogP contribution in [0, 0.1) is 0 Å². The highest BCUT2D eigenvalue weighted by Gasteiger charge is 2.22. The Labute approximate surface area is 194 Å². The van der Waals surface area contributed by atoms with E-state index in [2.05, 4.69) is 5.10 Å². The Morgan fingerprint density at radius 1 is 1.00 bits per heavy atom. The van der Waals surface area contributed by atoms with E-state index in [9.17, 15) is 22.8 Å². The van der Waals surface area contributed by atoms with Crippen molar-refractivity contribution in [2.75, 3.05) is 0 Å². The normalized spacial score (nSPS) is 13.7. The van der Waals surface area contributed by atoms with Crippen molar-refractivity contribution >= 4 is 44.7 Å². The van der Waals surface area contributed by atoms with E-state index in [-0.39, 0.29) is 22.0 Å². The summed E-state index contributed by atoms with van der Waals surface area (Å²) in [6.07, 6.45) is 3.62. The van der Waals surface area contributed by atoms with Crippen molar-refractivity contribution in [2.45, 2.75) is 11.8 Å². The van der Waals surface area contributed by atoms with E-state index in [4.69, 9.17) is 11.6 Å². The molecule has 1 N–H and O–H groups in total. The minimum absolute atomic E-state index is 0.112. The second-order valence-corrected chi connectivity index (χ2v) is 9.27. The fourth-order valence-corrected chi connectivity index (χ4v) is 4.37. The minimum atomic E-state index is -4.01. The van der Waals surface area contributed by atoms with Gasteiger partial charge in [0.1, 0.15) is 0 Å². The molecule has 0 spiro atoms. The Kier molecular flexibility index (Phi) is 5.84. The molecule has 2 aromatic carbocycles. The molecule has 0 unspecified atom stereocenters. The first kappa shape index (κ1) is 22.4. The molecule has 8 nitrogen and oxygen atoms in total. The van der Waals surface area contributed by atoms with E-state index < -0.39 is 15.9 Å². The molecule has 0 bridgehead atoms. The smallest absolute Gasteiger partial charge is 0.264 e. The standard InChI is InChI=1S/C23H16ClN3O5S/c1-14(28)26-33(31,32)19-9-6-17(7-10-19)27-22(20-12-18(29)8-11-23(20)30)13-21(25-27)15-2-4-16(24)5-3-15/h2-13H,1H3,(H,26,28). The van der Waals surface area contributed by atoms with Gasteiger partial charge in [-0.2, -0.15) is 5.10 Å². The van der Waals surface area contributed by atoms with Crippen LogP contribution < -0.4 is 4.72 Å². The van der Waals surface area contributed by atoms with Crippen molar-refractivity contribution in [3.8, 4) is 16.9 Å². The van der Waals surface area contributed by atoms with E-state index in [1.54, 1.807) is 30.3 Å². The van der Waals surface area contributed by atoms with Gasteiger partial charge in [0.25, 0.3) is 10.0 Å². The molecule has 0 saturated carbocycles. The zero-order valence-electron chi connectivity index (χ0n) is 17.2. The van der Waals surface area contributed by atoms with Crippen molar-refractivity contribution in [1.82, 2.24) is 14.5 Å². The fourth-order valence-electron chi connectivity index (χ4n) is 3.26. The maximum Gasteiger partial charge on any atom is 0.264 e. The lowest BCUT2D eigenvalue weighted by atomic mass is 9.99. The van der Waals surface area contributed by atoms with Gasteiger partial charge >= 0.3 is 0 Å². The number of carbonyl (C=O) groups is 3. The number of amides is 1. The maximum atomic E-state index is 12.5. The van der Waals surface area contributed by atoms with Gasteiger partial charge in [-0.3, -0.25) is 14.4 Å². The zero-order valence-corrected chi connectivity index (χ0v) is 18.7. The molecule has 1 amide bonds. The molecule has 1 heterocycles. The van der Waals surface area contributed by atoms with Crippen molar-refractivity contribution in [2.24, 2.45) is 0 Å². The number of hydrogen-bond donors (Lipinski definition) is 1. The van der Waals surface area contributed by atoms with Crippen LogP contribution in [-0.4, -0.2) is 35.7 Å². The molecule has 10 heteroatoms. The first-order chi connectivity index (χ1) is 15.6. The SMILES string of the molecule is CC(=O)NS(=O)(=O)c1ccc(-n2nc(-c3ccc(Cl)cc3)cc2C2=CC(=O)C=CC2=O)cc1. The fraction of sp³-hybridized carbons (Fsp3) is 0.0435. The summed E-state index contributed by atoms with van der Waals surface area (Å²) in [7, 11) is -4.01. The molecule has 1 aliphatic carbocycles. The number of sulfonamides is 1. The number of rotatable bonds is 5. The number of halogens is 1. The predicted molar refractivity (Wildman–Crippen MR) is 122 cm³/mol. The van der Waals surface area contributed by atoms with Crippen LogP contribution in [0.4, 0.5) is 0 Å². The molecule has 3 aromatic rings. The summed E-state index contributed by atoms with van der Waals surface area (Å²) in [6.45, 7) is 1.10. The van der Waals surface area contributed by atoms with Crippen LogP contribution >= 0.6 is 11.6 Å². The number of nitrogens with one attached hydrogen (secondary N) is 1.